The molecule has 0 aliphatic rings. The Labute approximate surface area is 123 Å². The maximum absolute atomic E-state index is 12.8. The minimum atomic E-state index is -0.110. The third-order valence-electron chi connectivity index (χ3n) is 3.32. The number of rotatable bonds is 2. The molecule has 4 aromatic rings. The lowest BCUT2D eigenvalue weighted by Crippen LogP contribution is -2.25. The average Bonchev–Trinajstić information content (AvgIpc) is 3.17. The van der Waals surface area contributed by atoms with Crippen molar-refractivity contribution in [3.63, 3.8) is 0 Å². The molecule has 0 spiro atoms. The second kappa shape index (κ2) is 4.46. The lowest BCUT2D eigenvalue weighted by atomic mass is 10.2. The maximum Gasteiger partial charge on any atom is 0.282 e. The van der Waals surface area contributed by atoms with Gasteiger partial charge in [-0.05, 0) is 31.2 Å². The SMILES string of the molecule is Cc1ccc(-c2csc3ncn(-n4cccc4)c(=O)c23)o1. The number of hydrogen-bond donors (Lipinski definition) is 0. The minimum absolute atomic E-state index is 0.110. The summed E-state index contributed by atoms with van der Waals surface area (Å²) in [5, 5.41) is 2.50. The van der Waals surface area contributed by atoms with Gasteiger partial charge in [-0.15, -0.1) is 11.3 Å². The minimum Gasteiger partial charge on any atom is -0.461 e. The summed E-state index contributed by atoms with van der Waals surface area (Å²) in [5.41, 5.74) is 0.684. The molecule has 6 heteroatoms. The Balaban J connectivity index is 2.02. The second-order valence-electron chi connectivity index (χ2n) is 4.70. The molecule has 4 aromatic heterocycles. The van der Waals surface area contributed by atoms with Crippen molar-refractivity contribution in [3.05, 3.63) is 64.5 Å². The molecule has 0 aliphatic carbocycles. The fourth-order valence-corrected chi connectivity index (χ4v) is 3.20. The Hall–Kier alpha value is -2.60. The first-order valence-corrected chi connectivity index (χ1v) is 7.31. The first kappa shape index (κ1) is 12.2. The van der Waals surface area contributed by atoms with E-state index >= 15 is 0 Å². The summed E-state index contributed by atoms with van der Waals surface area (Å²) >= 11 is 1.44. The number of aryl methyl sites for hydroxylation is 1. The molecule has 21 heavy (non-hydrogen) atoms. The van der Waals surface area contributed by atoms with Gasteiger partial charge in [-0.2, -0.15) is 0 Å². The summed E-state index contributed by atoms with van der Waals surface area (Å²) in [4.78, 5) is 17.8. The predicted octanol–water partition coefficient (Wildman–Crippen LogP) is 3.14. The van der Waals surface area contributed by atoms with E-state index in [9.17, 15) is 4.79 Å². The van der Waals surface area contributed by atoms with Crippen molar-refractivity contribution in [2.24, 2.45) is 0 Å². The van der Waals surface area contributed by atoms with Gasteiger partial charge in [-0.25, -0.2) is 9.66 Å². The average molecular weight is 297 g/mol. The molecule has 0 amide bonds. The van der Waals surface area contributed by atoms with E-state index in [1.54, 1.807) is 23.4 Å². The van der Waals surface area contributed by atoms with Gasteiger partial charge >= 0.3 is 0 Å². The van der Waals surface area contributed by atoms with Gasteiger partial charge in [0.1, 0.15) is 22.7 Å². The second-order valence-corrected chi connectivity index (χ2v) is 5.56. The topological polar surface area (TPSA) is 53.0 Å². The van der Waals surface area contributed by atoms with Crippen LogP contribution in [0.3, 0.4) is 0 Å². The molecule has 0 aromatic carbocycles. The van der Waals surface area contributed by atoms with Crippen LogP contribution in [0, 0.1) is 6.92 Å². The highest BCUT2D eigenvalue weighted by Gasteiger charge is 2.15. The zero-order valence-electron chi connectivity index (χ0n) is 11.2. The smallest absolute Gasteiger partial charge is 0.282 e. The van der Waals surface area contributed by atoms with E-state index in [0.29, 0.717) is 16.0 Å². The predicted molar refractivity (Wildman–Crippen MR) is 81.5 cm³/mol. The monoisotopic (exact) mass is 297 g/mol. The molecule has 0 aliphatic heterocycles. The third-order valence-corrected chi connectivity index (χ3v) is 4.21. The molecule has 0 fully saturated rings. The van der Waals surface area contributed by atoms with Crippen molar-refractivity contribution < 1.29 is 4.42 Å². The van der Waals surface area contributed by atoms with Crippen LogP contribution in [0.2, 0.25) is 0 Å². The highest BCUT2D eigenvalue weighted by Crippen LogP contribution is 2.31. The van der Waals surface area contributed by atoms with Crippen LogP contribution in [0.5, 0.6) is 0 Å². The highest BCUT2D eigenvalue weighted by molar-refractivity contribution is 7.17. The van der Waals surface area contributed by atoms with E-state index in [-0.39, 0.29) is 5.56 Å². The highest BCUT2D eigenvalue weighted by atomic mass is 32.1. The van der Waals surface area contributed by atoms with Crippen LogP contribution in [0.15, 0.2) is 57.6 Å². The van der Waals surface area contributed by atoms with Crippen LogP contribution < -0.4 is 5.56 Å². The molecule has 0 unspecified atom stereocenters. The zero-order valence-corrected chi connectivity index (χ0v) is 12.0. The van der Waals surface area contributed by atoms with E-state index in [2.05, 4.69) is 4.98 Å². The van der Waals surface area contributed by atoms with Gasteiger partial charge in [0.2, 0.25) is 0 Å². The van der Waals surface area contributed by atoms with Gasteiger partial charge in [-0.1, -0.05) is 0 Å². The first-order chi connectivity index (χ1) is 10.2. The zero-order chi connectivity index (χ0) is 14.4. The van der Waals surface area contributed by atoms with E-state index in [1.807, 2.05) is 36.6 Å². The van der Waals surface area contributed by atoms with Gasteiger partial charge in [-0.3, -0.25) is 9.47 Å². The lowest BCUT2D eigenvalue weighted by molar-refractivity contribution is 0.549. The van der Waals surface area contributed by atoms with Gasteiger partial charge in [0.05, 0.1) is 5.39 Å². The molecule has 0 saturated heterocycles. The number of thiophene rings is 1. The molecule has 0 saturated carbocycles. The number of fused-ring (bicyclic) bond motifs is 1. The normalized spacial score (nSPS) is 11.3. The van der Waals surface area contributed by atoms with Crippen LogP contribution in [0.1, 0.15) is 5.76 Å². The van der Waals surface area contributed by atoms with Crippen LogP contribution in [0.4, 0.5) is 0 Å². The summed E-state index contributed by atoms with van der Waals surface area (Å²) in [6.45, 7) is 1.88. The number of nitrogens with zero attached hydrogens (tertiary/aromatic N) is 3. The van der Waals surface area contributed by atoms with Gasteiger partial charge in [0, 0.05) is 23.3 Å². The molecule has 104 valence electrons. The molecule has 4 heterocycles. The quantitative estimate of drug-likeness (QED) is 0.571. The molecule has 0 atom stereocenters. The number of furan rings is 1. The third kappa shape index (κ3) is 1.84. The Morgan fingerprint density at radius 2 is 2.05 bits per heavy atom. The molecular weight excluding hydrogens is 286 g/mol. The Morgan fingerprint density at radius 3 is 2.76 bits per heavy atom. The molecule has 5 nitrogen and oxygen atoms in total. The van der Waals surface area contributed by atoms with Crippen LogP contribution in [-0.2, 0) is 0 Å². The lowest BCUT2D eigenvalue weighted by Gasteiger charge is -2.06. The summed E-state index contributed by atoms with van der Waals surface area (Å²) in [7, 11) is 0. The van der Waals surface area contributed by atoms with Gasteiger partial charge < -0.3 is 4.42 Å². The Bertz CT molecular complexity index is 976. The Kier molecular flexibility index (Phi) is 2.58. The van der Waals surface area contributed by atoms with Crippen molar-refractivity contribution >= 4 is 21.6 Å². The standard InChI is InChI=1S/C15H11N3O2S/c1-10-4-5-12(20-10)11-8-21-14-13(11)15(19)18(9-16-14)17-6-2-3-7-17/h2-9H,1H3. The van der Waals surface area contributed by atoms with Crippen molar-refractivity contribution in [2.45, 2.75) is 6.92 Å². The molecule has 0 N–H and O–H groups in total. The Morgan fingerprint density at radius 1 is 1.24 bits per heavy atom. The van der Waals surface area contributed by atoms with E-state index < -0.39 is 0 Å². The summed E-state index contributed by atoms with van der Waals surface area (Å²) in [6, 6.07) is 7.49. The van der Waals surface area contributed by atoms with E-state index in [4.69, 9.17) is 4.42 Å². The summed E-state index contributed by atoms with van der Waals surface area (Å²) < 4.78 is 8.82. The van der Waals surface area contributed by atoms with E-state index in [0.717, 1.165) is 11.3 Å². The van der Waals surface area contributed by atoms with Crippen LogP contribution in [-0.4, -0.2) is 14.3 Å². The fourth-order valence-electron chi connectivity index (χ4n) is 2.32. The molecule has 0 radical (unpaired) electrons. The summed E-state index contributed by atoms with van der Waals surface area (Å²) in [5.74, 6) is 1.52. The van der Waals surface area contributed by atoms with Crippen molar-refractivity contribution in [1.29, 1.82) is 0 Å². The summed E-state index contributed by atoms with van der Waals surface area (Å²) in [6.07, 6.45) is 5.15. The first-order valence-electron chi connectivity index (χ1n) is 6.43. The fraction of sp³-hybridized carbons (Fsp3) is 0.0667. The van der Waals surface area contributed by atoms with Crippen LogP contribution in [0.25, 0.3) is 21.5 Å². The number of aromatic nitrogens is 3. The van der Waals surface area contributed by atoms with Crippen molar-refractivity contribution in [2.75, 3.05) is 0 Å². The molecule has 0 bridgehead atoms. The van der Waals surface area contributed by atoms with Crippen molar-refractivity contribution in [3.8, 4) is 11.3 Å². The van der Waals surface area contributed by atoms with Crippen molar-refractivity contribution in [1.82, 2.24) is 14.3 Å². The van der Waals surface area contributed by atoms with Crippen LogP contribution >= 0.6 is 11.3 Å². The van der Waals surface area contributed by atoms with Gasteiger partial charge in [0.25, 0.3) is 5.56 Å². The maximum atomic E-state index is 12.8. The van der Waals surface area contributed by atoms with E-state index in [1.165, 1.54) is 16.0 Å². The molecular formula is C15H11N3O2S. The largest absolute Gasteiger partial charge is 0.461 e. The molecule has 4 rings (SSSR count). The number of hydrogen-bond acceptors (Lipinski definition) is 4. The van der Waals surface area contributed by atoms with Gasteiger partial charge in [0.15, 0.2) is 0 Å².